The SMILES string of the molecule is Cc1ccc(Br)cc1S(=O)(=O)N1C[C@@H](C(N)=O)Oc2ccccc21. The topological polar surface area (TPSA) is 89.7 Å². The van der Waals surface area contributed by atoms with Gasteiger partial charge >= 0.3 is 0 Å². The van der Waals surface area contributed by atoms with Gasteiger partial charge in [0.2, 0.25) is 0 Å². The minimum atomic E-state index is -3.88. The third kappa shape index (κ3) is 2.87. The van der Waals surface area contributed by atoms with E-state index in [0.29, 0.717) is 21.5 Å². The van der Waals surface area contributed by atoms with E-state index >= 15 is 0 Å². The molecule has 8 heteroatoms. The van der Waals surface area contributed by atoms with E-state index in [0.717, 1.165) is 0 Å². The number of aryl methyl sites for hydroxylation is 1. The van der Waals surface area contributed by atoms with Crippen LogP contribution in [0, 0.1) is 6.92 Å². The third-order valence-electron chi connectivity index (χ3n) is 3.77. The van der Waals surface area contributed by atoms with E-state index in [1.54, 1.807) is 49.4 Å². The first-order valence-corrected chi connectivity index (χ1v) is 9.38. The molecule has 0 fully saturated rings. The number of sulfonamides is 1. The lowest BCUT2D eigenvalue weighted by molar-refractivity contribution is -0.124. The van der Waals surface area contributed by atoms with Gasteiger partial charge in [0, 0.05) is 4.47 Å². The highest BCUT2D eigenvalue weighted by Gasteiger charge is 2.37. The zero-order chi connectivity index (χ0) is 17.5. The van der Waals surface area contributed by atoms with Crippen LogP contribution in [0.5, 0.6) is 5.75 Å². The first-order valence-electron chi connectivity index (χ1n) is 7.14. The van der Waals surface area contributed by atoms with Crippen molar-refractivity contribution in [2.75, 3.05) is 10.8 Å². The maximum Gasteiger partial charge on any atom is 0.264 e. The summed E-state index contributed by atoms with van der Waals surface area (Å²) in [5.74, 6) is -0.403. The van der Waals surface area contributed by atoms with Crippen LogP contribution in [0.4, 0.5) is 5.69 Å². The number of para-hydroxylation sites is 2. The molecule has 0 aromatic heterocycles. The lowest BCUT2D eigenvalue weighted by atomic mass is 10.2. The molecule has 1 atom stereocenters. The summed E-state index contributed by atoms with van der Waals surface area (Å²) in [4.78, 5) is 11.7. The van der Waals surface area contributed by atoms with Crippen molar-refractivity contribution in [1.29, 1.82) is 0 Å². The highest BCUT2D eigenvalue weighted by molar-refractivity contribution is 9.10. The summed E-state index contributed by atoms with van der Waals surface area (Å²) in [5.41, 5.74) is 6.32. The highest BCUT2D eigenvalue weighted by atomic mass is 79.9. The number of nitrogens with two attached hydrogens (primary N) is 1. The molecule has 2 aromatic rings. The minimum absolute atomic E-state index is 0.164. The molecule has 0 radical (unpaired) electrons. The van der Waals surface area contributed by atoms with E-state index in [4.69, 9.17) is 10.5 Å². The lowest BCUT2D eigenvalue weighted by Crippen LogP contribution is -2.49. The van der Waals surface area contributed by atoms with Crippen molar-refractivity contribution in [2.45, 2.75) is 17.9 Å². The number of primary amides is 1. The van der Waals surface area contributed by atoms with Crippen molar-refractivity contribution in [3.05, 3.63) is 52.5 Å². The predicted molar refractivity (Wildman–Crippen MR) is 93.5 cm³/mol. The van der Waals surface area contributed by atoms with Crippen LogP contribution in [0.2, 0.25) is 0 Å². The van der Waals surface area contributed by atoms with E-state index in [-0.39, 0.29) is 11.4 Å². The zero-order valence-corrected chi connectivity index (χ0v) is 15.2. The van der Waals surface area contributed by atoms with Crippen LogP contribution >= 0.6 is 15.9 Å². The monoisotopic (exact) mass is 410 g/mol. The Morgan fingerprint density at radius 1 is 1.29 bits per heavy atom. The number of fused-ring (bicyclic) bond motifs is 1. The fourth-order valence-corrected chi connectivity index (χ4v) is 4.79. The lowest BCUT2D eigenvalue weighted by Gasteiger charge is -2.34. The molecule has 0 aliphatic carbocycles. The van der Waals surface area contributed by atoms with E-state index in [1.807, 2.05) is 0 Å². The van der Waals surface area contributed by atoms with Gasteiger partial charge in [0.1, 0.15) is 5.75 Å². The molecule has 24 heavy (non-hydrogen) atoms. The van der Waals surface area contributed by atoms with Crippen LogP contribution in [0.15, 0.2) is 51.8 Å². The van der Waals surface area contributed by atoms with Crippen molar-refractivity contribution in [2.24, 2.45) is 5.73 Å². The van der Waals surface area contributed by atoms with Gasteiger partial charge in [-0.25, -0.2) is 8.42 Å². The predicted octanol–water partition coefficient (Wildman–Crippen LogP) is 2.20. The van der Waals surface area contributed by atoms with Gasteiger partial charge < -0.3 is 10.5 Å². The van der Waals surface area contributed by atoms with Crippen molar-refractivity contribution in [3.63, 3.8) is 0 Å². The molecule has 0 spiro atoms. The number of hydrogen-bond acceptors (Lipinski definition) is 4. The average molecular weight is 411 g/mol. The number of anilines is 1. The zero-order valence-electron chi connectivity index (χ0n) is 12.8. The van der Waals surface area contributed by atoms with E-state index < -0.39 is 22.0 Å². The largest absolute Gasteiger partial charge is 0.476 e. The van der Waals surface area contributed by atoms with Gasteiger partial charge in [0.25, 0.3) is 15.9 Å². The second-order valence-corrected chi connectivity index (χ2v) is 8.17. The number of amides is 1. The number of halogens is 1. The van der Waals surface area contributed by atoms with Gasteiger partial charge in [-0.15, -0.1) is 0 Å². The van der Waals surface area contributed by atoms with E-state index in [9.17, 15) is 13.2 Å². The van der Waals surface area contributed by atoms with E-state index in [1.165, 1.54) is 4.31 Å². The number of ether oxygens (including phenoxy) is 1. The summed E-state index contributed by atoms with van der Waals surface area (Å²) in [5, 5.41) is 0. The average Bonchev–Trinajstić information content (AvgIpc) is 2.55. The van der Waals surface area contributed by atoms with Crippen LogP contribution in [0.3, 0.4) is 0 Å². The fraction of sp³-hybridized carbons (Fsp3) is 0.188. The number of hydrogen-bond donors (Lipinski definition) is 1. The van der Waals surface area contributed by atoms with Gasteiger partial charge in [0.15, 0.2) is 6.10 Å². The summed E-state index contributed by atoms with van der Waals surface area (Å²) >= 11 is 3.30. The standard InChI is InChI=1S/C16H15BrN2O4S/c1-10-6-7-11(17)8-15(10)24(21,22)19-9-14(16(18)20)23-13-5-3-2-4-12(13)19/h2-8,14H,9H2,1H3,(H2,18,20)/t14-/m0/s1. The summed E-state index contributed by atoms with van der Waals surface area (Å²) in [7, 11) is -3.88. The van der Waals surface area contributed by atoms with Crippen LogP contribution in [0.1, 0.15) is 5.56 Å². The molecule has 126 valence electrons. The second kappa shape index (κ2) is 6.10. The molecule has 0 saturated heterocycles. The number of carbonyl (C=O) groups excluding carboxylic acids is 1. The Balaban J connectivity index is 2.16. The Morgan fingerprint density at radius 3 is 2.71 bits per heavy atom. The molecule has 0 unspecified atom stereocenters. The molecule has 0 bridgehead atoms. The molecule has 1 amide bonds. The maximum atomic E-state index is 13.2. The third-order valence-corrected chi connectivity index (χ3v) is 6.19. The van der Waals surface area contributed by atoms with Crippen LogP contribution in [-0.2, 0) is 14.8 Å². The number of carbonyl (C=O) groups is 1. The summed E-state index contributed by atoms with van der Waals surface area (Å²) in [6.45, 7) is 1.55. The number of benzene rings is 2. The molecule has 2 aromatic carbocycles. The molecule has 1 heterocycles. The van der Waals surface area contributed by atoms with Gasteiger partial charge in [-0.3, -0.25) is 9.10 Å². The summed E-state index contributed by atoms with van der Waals surface area (Å²) < 4.78 is 33.7. The Kier molecular flexibility index (Phi) is 4.27. The quantitative estimate of drug-likeness (QED) is 0.839. The normalized spacial score (nSPS) is 17.1. The Bertz CT molecular complexity index is 914. The molecule has 6 nitrogen and oxygen atoms in total. The smallest absolute Gasteiger partial charge is 0.264 e. The van der Waals surface area contributed by atoms with Crippen molar-refractivity contribution < 1.29 is 17.9 Å². The van der Waals surface area contributed by atoms with Crippen molar-refractivity contribution >= 4 is 37.5 Å². The minimum Gasteiger partial charge on any atom is -0.476 e. The van der Waals surface area contributed by atoms with Crippen LogP contribution in [-0.4, -0.2) is 27.0 Å². The van der Waals surface area contributed by atoms with Gasteiger partial charge in [-0.05, 0) is 36.8 Å². The maximum absolute atomic E-state index is 13.2. The van der Waals surface area contributed by atoms with Gasteiger partial charge in [0.05, 0.1) is 17.1 Å². The second-order valence-electron chi connectivity index (χ2n) is 5.42. The first kappa shape index (κ1) is 16.8. The molecule has 2 N–H and O–H groups in total. The van der Waals surface area contributed by atoms with E-state index in [2.05, 4.69) is 15.9 Å². The molecule has 1 aliphatic heterocycles. The molecule has 3 rings (SSSR count). The van der Waals surface area contributed by atoms with Crippen molar-refractivity contribution in [3.8, 4) is 5.75 Å². The van der Waals surface area contributed by atoms with Gasteiger partial charge in [-0.2, -0.15) is 0 Å². The van der Waals surface area contributed by atoms with Gasteiger partial charge in [-0.1, -0.05) is 34.1 Å². The fourth-order valence-electron chi connectivity index (χ4n) is 2.55. The molecule has 1 aliphatic rings. The summed E-state index contributed by atoms with van der Waals surface area (Å²) in [6.07, 6.45) is -1.04. The van der Waals surface area contributed by atoms with Crippen LogP contribution < -0.4 is 14.8 Å². The van der Waals surface area contributed by atoms with Crippen LogP contribution in [0.25, 0.3) is 0 Å². The molecular formula is C16H15BrN2O4S. The summed E-state index contributed by atoms with van der Waals surface area (Å²) in [6, 6.07) is 11.7. The molecular weight excluding hydrogens is 396 g/mol. The first-order chi connectivity index (χ1) is 11.3. The highest BCUT2D eigenvalue weighted by Crippen LogP contribution is 2.37. The Hall–Kier alpha value is -2.06. The number of rotatable bonds is 3. The number of nitrogens with zero attached hydrogens (tertiary/aromatic N) is 1. The van der Waals surface area contributed by atoms with Crippen molar-refractivity contribution in [1.82, 2.24) is 0 Å². The Labute approximate surface area is 148 Å². The molecule has 0 saturated carbocycles. The Morgan fingerprint density at radius 2 is 2.00 bits per heavy atom.